The van der Waals surface area contributed by atoms with Crippen molar-refractivity contribution in [3.05, 3.63) is 46.5 Å². The molecular weight excluding hydrogens is 275 g/mol. The van der Waals surface area contributed by atoms with E-state index in [1.54, 1.807) is 6.07 Å². The van der Waals surface area contributed by atoms with Gasteiger partial charge in [-0.2, -0.15) is 0 Å². The fraction of sp³-hybridized carbons (Fsp3) is 0.250. The van der Waals surface area contributed by atoms with Crippen LogP contribution in [0.3, 0.4) is 0 Å². The number of benzene rings is 2. The predicted octanol–water partition coefficient (Wildman–Crippen LogP) is 4.64. The Morgan fingerprint density at radius 2 is 1.84 bits per heavy atom. The van der Waals surface area contributed by atoms with Gasteiger partial charge in [-0.1, -0.05) is 37.6 Å². The van der Waals surface area contributed by atoms with Crippen LogP contribution in [0.4, 0.5) is 0 Å². The van der Waals surface area contributed by atoms with Crippen LogP contribution in [0.25, 0.3) is 11.1 Å². The minimum absolute atomic E-state index is 0.279. The first kappa shape index (κ1) is 14.4. The molecule has 2 aromatic rings. The predicted molar refractivity (Wildman–Crippen MR) is 86.7 cm³/mol. The Labute approximate surface area is 121 Å². The van der Waals surface area contributed by atoms with Gasteiger partial charge in [0.2, 0.25) is 0 Å². The standard InChI is InChI=1S/C16H18ClOP/c1-9(2)12-8-15(18)13(7-14(12)17)11-5-4-10(3)16(19)6-11/h4-9,18H,19H2,1-3H3. The minimum atomic E-state index is 0.279. The van der Waals surface area contributed by atoms with E-state index in [1.807, 2.05) is 24.3 Å². The summed E-state index contributed by atoms with van der Waals surface area (Å²) >= 11 is 6.30. The summed E-state index contributed by atoms with van der Waals surface area (Å²) in [7, 11) is 2.71. The summed E-state index contributed by atoms with van der Waals surface area (Å²) in [5, 5.41) is 12.0. The number of hydrogen-bond donors (Lipinski definition) is 1. The van der Waals surface area contributed by atoms with E-state index in [0.717, 1.165) is 22.0 Å². The molecule has 2 aromatic carbocycles. The van der Waals surface area contributed by atoms with Crippen LogP contribution >= 0.6 is 20.8 Å². The van der Waals surface area contributed by atoms with Gasteiger partial charge in [-0.3, -0.25) is 0 Å². The lowest BCUT2D eigenvalue weighted by atomic mass is 9.97. The number of aromatic hydroxyl groups is 1. The first-order valence-electron chi connectivity index (χ1n) is 6.29. The van der Waals surface area contributed by atoms with Gasteiger partial charge in [-0.25, -0.2) is 0 Å². The summed E-state index contributed by atoms with van der Waals surface area (Å²) in [5.41, 5.74) is 3.93. The van der Waals surface area contributed by atoms with Crippen molar-refractivity contribution in [2.24, 2.45) is 0 Å². The molecular formula is C16H18ClOP. The van der Waals surface area contributed by atoms with Crippen molar-refractivity contribution in [3.8, 4) is 16.9 Å². The van der Waals surface area contributed by atoms with Crippen LogP contribution in [0.1, 0.15) is 30.9 Å². The Morgan fingerprint density at radius 3 is 2.42 bits per heavy atom. The number of aryl methyl sites for hydroxylation is 1. The lowest BCUT2D eigenvalue weighted by Crippen LogP contribution is -1.97. The van der Waals surface area contributed by atoms with Gasteiger partial charge in [0, 0.05) is 10.6 Å². The molecule has 0 aliphatic heterocycles. The minimum Gasteiger partial charge on any atom is -0.507 e. The third-order valence-corrected chi connectivity index (χ3v) is 4.28. The maximum absolute atomic E-state index is 10.2. The Kier molecular flexibility index (Phi) is 4.18. The van der Waals surface area contributed by atoms with Crippen LogP contribution < -0.4 is 5.30 Å². The Bertz CT molecular complexity index is 620. The molecule has 0 saturated heterocycles. The highest BCUT2D eigenvalue weighted by Crippen LogP contribution is 2.36. The molecule has 0 aliphatic rings. The average molecular weight is 293 g/mol. The molecule has 0 amide bonds. The second-order valence-electron chi connectivity index (χ2n) is 5.12. The SMILES string of the molecule is Cc1ccc(-c2cc(Cl)c(C(C)C)cc2O)cc1P. The van der Waals surface area contributed by atoms with Crippen LogP contribution in [0.15, 0.2) is 30.3 Å². The molecule has 1 N–H and O–H groups in total. The molecule has 0 fully saturated rings. The Balaban J connectivity index is 2.57. The van der Waals surface area contributed by atoms with Gasteiger partial charge >= 0.3 is 0 Å². The van der Waals surface area contributed by atoms with Gasteiger partial charge in [0.1, 0.15) is 5.75 Å². The largest absolute Gasteiger partial charge is 0.507 e. The van der Waals surface area contributed by atoms with Crippen LogP contribution in [-0.2, 0) is 0 Å². The van der Waals surface area contributed by atoms with Gasteiger partial charge in [0.05, 0.1) is 0 Å². The molecule has 3 heteroatoms. The molecule has 0 bridgehead atoms. The molecule has 19 heavy (non-hydrogen) atoms. The molecule has 0 radical (unpaired) electrons. The van der Waals surface area contributed by atoms with Gasteiger partial charge in [0.25, 0.3) is 0 Å². The zero-order valence-corrected chi connectivity index (χ0v) is 13.3. The van der Waals surface area contributed by atoms with E-state index in [9.17, 15) is 5.11 Å². The zero-order chi connectivity index (χ0) is 14.2. The topological polar surface area (TPSA) is 20.2 Å². The fourth-order valence-corrected chi connectivity index (χ4v) is 2.72. The normalized spacial score (nSPS) is 11.1. The number of halogens is 1. The maximum Gasteiger partial charge on any atom is 0.123 e. The zero-order valence-electron chi connectivity index (χ0n) is 11.4. The number of hydrogen-bond acceptors (Lipinski definition) is 1. The van der Waals surface area contributed by atoms with Crippen molar-refractivity contribution in [2.45, 2.75) is 26.7 Å². The van der Waals surface area contributed by atoms with E-state index in [1.165, 1.54) is 5.56 Å². The molecule has 0 heterocycles. The van der Waals surface area contributed by atoms with Crippen molar-refractivity contribution < 1.29 is 5.11 Å². The molecule has 1 unspecified atom stereocenters. The van der Waals surface area contributed by atoms with Crippen LogP contribution in [0.5, 0.6) is 5.75 Å². The number of phenols is 1. The van der Waals surface area contributed by atoms with E-state index >= 15 is 0 Å². The second kappa shape index (κ2) is 5.53. The van der Waals surface area contributed by atoms with E-state index in [2.05, 4.69) is 30.0 Å². The highest BCUT2D eigenvalue weighted by atomic mass is 35.5. The summed E-state index contributed by atoms with van der Waals surface area (Å²) in [5.74, 6) is 0.573. The molecule has 100 valence electrons. The van der Waals surface area contributed by atoms with Crippen molar-refractivity contribution in [1.29, 1.82) is 0 Å². The smallest absolute Gasteiger partial charge is 0.123 e. The van der Waals surface area contributed by atoms with Crippen molar-refractivity contribution in [3.63, 3.8) is 0 Å². The van der Waals surface area contributed by atoms with Gasteiger partial charge < -0.3 is 5.11 Å². The Morgan fingerprint density at radius 1 is 1.16 bits per heavy atom. The molecule has 0 aliphatic carbocycles. The molecule has 2 rings (SSSR count). The van der Waals surface area contributed by atoms with Crippen molar-refractivity contribution in [1.82, 2.24) is 0 Å². The van der Waals surface area contributed by atoms with E-state index in [4.69, 9.17) is 11.6 Å². The van der Waals surface area contributed by atoms with Crippen molar-refractivity contribution >= 4 is 26.1 Å². The first-order chi connectivity index (χ1) is 8.90. The maximum atomic E-state index is 10.2. The molecule has 1 atom stereocenters. The lowest BCUT2D eigenvalue weighted by Gasteiger charge is -2.13. The average Bonchev–Trinajstić information content (AvgIpc) is 2.35. The fourth-order valence-electron chi connectivity index (χ4n) is 2.06. The van der Waals surface area contributed by atoms with Crippen LogP contribution in [0.2, 0.25) is 5.02 Å². The van der Waals surface area contributed by atoms with Gasteiger partial charge in [0.15, 0.2) is 0 Å². The summed E-state index contributed by atoms with van der Waals surface area (Å²) in [6.45, 7) is 6.18. The van der Waals surface area contributed by atoms with E-state index < -0.39 is 0 Å². The first-order valence-corrected chi connectivity index (χ1v) is 7.24. The highest BCUT2D eigenvalue weighted by Gasteiger charge is 2.12. The third-order valence-electron chi connectivity index (χ3n) is 3.33. The lowest BCUT2D eigenvalue weighted by molar-refractivity contribution is 0.476. The molecule has 0 spiro atoms. The second-order valence-corrected chi connectivity index (χ2v) is 6.15. The monoisotopic (exact) mass is 292 g/mol. The van der Waals surface area contributed by atoms with Gasteiger partial charge in [-0.15, -0.1) is 9.24 Å². The number of phenolic OH excluding ortho intramolecular Hbond substituents is 1. The van der Waals surface area contributed by atoms with E-state index in [-0.39, 0.29) is 5.75 Å². The molecule has 0 saturated carbocycles. The summed E-state index contributed by atoms with van der Waals surface area (Å²) in [6, 6.07) is 9.71. The van der Waals surface area contributed by atoms with Gasteiger partial charge in [-0.05, 0) is 53.0 Å². The number of rotatable bonds is 2. The molecule has 1 nitrogen and oxygen atoms in total. The summed E-state index contributed by atoms with van der Waals surface area (Å²) in [4.78, 5) is 0. The highest BCUT2D eigenvalue weighted by molar-refractivity contribution is 7.27. The summed E-state index contributed by atoms with van der Waals surface area (Å²) in [6.07, 6.45) is 0. The van der Waals surface area contributed by atoms with Crippen LogP contribution in [0, 0.1) is 6.92 Å². The quantitative estimate of drug-likeness (QED) is 0.799. The van der Waals surface area contributed by atoms with Crippen LogP contribution in [-0.4, -0.2) is 5.11 Å². The molecule has 0 aromatic heterocycles. The summed E-state index contributed by atoms with van der Waals surface area (Å²) < 4.78 is 0. The van der Waals surface area contributed by atoms with Crippen molar-refractivity contribution in [2.75, 3.05) is 0 Å². The Hall–Kier alpha value is -1.04. The van der Waals surface area contributed by atoms with E-state index in [0.29, 0.717) is 10.9 Å². The third kappa shape index (κ3) is 2.94.